The molecule has 0 aromatic carbocycles. The molecule has 0 aromatic rings. The van der Waals surface area contributed by atoms with Crippen molar-refractivity contribution in [3.8, 4) is 0 Å². The van der Waals surface area contributed by atoms with Crippen LogP contribution in [0.4, 0.5) is 0 Å². The Kier molecular flexibility index (Phi) is 16.6. The van der Waals surface area contributed by atoms with Crippen LogP contribution in [0.15, 0.2) is 0 Å². The molecule has 0 aliphatic heterocycles. The molecule has 0 saturated heterocycles. The van der Waals surface area contributed by atoms with Gasteiger partial charge >= 0.3 is 0 Å². The predicted molar refractivity (Wildman–Crippen MR) is 200 cm³/mol. The van der Waals surface area contributed by atoms with E-state index in [1.165, 1.54) is 103 Å². The Balaban J connectivity index is 1.05. The molecule has 5 heteroatoms. The van der Waals surface area contributed by atoms with E-state index in [4.69, 9.17) is 0 Å². The summed E-state index contributed by atoms with van der Waals surface area (Å²) < 4.78 is 0. The highest BCUT2D eigenvalue weighted by molar-refractivity contribution is 5.75. The SMILES string of the molecule is CCCCCCCCCCCCCCCCCCCNC(=O)CC[C@@H](C)[C@H]1CC[C@H]2[C@@H]3[C@H](O)C[C@@H]4C[C@H](O)CC[C@]4(C)[C@H]3C[C@H](O)[C@]12C. The van der Waals surface area contributed by atoms with Gasteiger partial charge in [-0.25, -0.2) is 0 Å². The number of nitrogens with one attached hydrogen (secondary N) is 1. The van der Waals surface area contributed by atoms with Gasteiger partial charge in [-0.2, -0.15) is 0 Å². The Morgan fingerprint density at radius 1 is 0.729 bits per heavy atom. The molecule has 0 unspecified atom stereocenters. The zero-order chi connectivity index (χ0) is 34.6. The quantitative estimate of drug-likeness (QED) is 0.0861. The van der Waals surface area contributed by atoms with Gasteiger partial charge in [0.15, 0.2) is 0 Å². The lowest BCUT2D eigenvalue weighted by molar-refractivity contribution is -0.207. The van der Waals surface area contributed by atoms with Crippen molar-refractivity contribution in [3.63, 3.8) is 0 Å². The summed E-state index contributed by atoms with van der Waals surface area (Å²) in [6, 6.07) is 0. The molecular formula is C43H79NO4. The summed E-state index contributed by atoms with van der Waals surface area (Å²) >= 11 is 0. The summed E-state index contributed by atoms with van der Waals surface area (Å²) in [6.45, 7) is 10.1. The third-order valence-corrected chi connectivity index (χ3v) is 14.9. The van der Waals surface area contributed by atoms with Gasteiger partial charge in [-0.3, -0.25) is 4.79 Å². The lowest BCUT2D eigenvalue weighted by Gasteiger charge is -2.63. The molecule has 0 aromatic heterocycles. The van der Waals surface area contributed by atoms with E-state index in [-0.39, 0.29) is 41.0 Å². The van der Waals surface area contributed by atoms with Gasteiger partial charge in [0.2, 0.25) is 5.91 Å². The van der Waals surface area contributed by atoms with Crippen LogP contribution in [0, 0.1) is 46.3 Å². The molecule has 0 bridgehead atoms. The maximum atomic E-state index is 12.8. The van der Waals surface area contributed by atoms with Crippen LogP contribution >= 0.6 is 0 Å². The maximum Gasteiger partial charge on any atom is 0.220 e. The number of fused-ring (bicyclic) bond motifs is 5. The normalized spacial score (nSPS) is 36.6. The average molecular weight is 674 g/mol. The summed E-state index contributed by atoms with van der Waals surface area (Å²) in [5.74, 6) is 2.23. The Morgan fingerprint density at radius 3 is 1.88 bits per heavy atom. The molecule has 4 saturated carbocycles. The second kappa shape index (κ2) is 19.8. The number of hydrogen-bond acceptors (Lipinski definition) is 4. The van der Waals surface area contributed by atoms with Gasteiger partial charge < -0.3 is 20.6 Å². The number of aliphatic hydroxyl groups excluding tert-OH is 3. The highest BCUT2D eigenvalue weighted by Crippen LogP contribution is 2.68. The Labute approximate surface area is 296 Å². The monoisotopic (exact) mass is 674 g/mol. The molecule has 4 aliphatic rings. The van der Waals surface area contributed by atoms with Crippen molar-refractivity contribution < 1.29 is 20.1 Å². The van der Waals surface area contributed by atoms with Gasteiger partial charge in [0.05, 0.1) is 18.3 Å². The molecule has 4 fully saturated rings. The smallest absolute Gasteiger partial charge is 0.220 e. The van der Waals surface area contributed by atoms with Crippen LogP contribution in [0.25, 0.3) is 0 Å². The largest absolute Gasteiger partial charge is 0.393 e. The molecule has 0 radical (unpaired) electrons. The number of aliphatic hydroxyl groups is 3. The van der Waals surface area contributed by atoms with E-state index >= 15 is 0 Å². The zero-order valence-electron chi connectivity index (χ0n) is 32.0. The molecule has 5 nitrogen and oxygen atoms in total. The highest BCUT2D eigenvalue weighted by Gasteiger charge is 2.65. The lowest BCUT2D eigenvalue weighted by atomic mass is 9.43. The topological polar surface area (TPSA) is 89.8 Å². The van der Waals surface area contributed by atoms with E-state index < -0.39 is 0 Å². The van der Waals surface area contributed by atoms with E-state index in [0.29, 0.717) is 36.0 Å². The van der Waals surface area contributed by atoms with E-state index in [1.807, 2.05) is 0 Å². The number of carbonyl (C=O) groups is 1. The minimum absolute atomic E-state index is 0.111. The van der Waals surface area contributed by atoms with Gasteiger partial charge in [-0.15, -0.1) is 0 Å². The molecule has 0 heterocycles. The van der Waals surface area contributed by atoms with Gasteiger partial charge in [0.1, 0.15) is 0 Å². The fourth-order valence-corrected chi connectivity index (χ4v) is 11.9. The van der Waals surface area contributed by atoms with Gasteiger partial charge in [0, 0.05) is 13.0 Å². The van der Waals surface area contributed by atoms with Crippen molar-refractivity contribution in [1.29, 1.82) is 0 Å². The molecule has 280 valence electrons. The van der Waals surface area contributed by atoms with E-state index in [0.717, 1.165) is 64.3 Å². The number of rotatable bonds is 22. The fourth-order valence-electron chi connectivity index (χ4n) is 11.9. The molecule has 4 aliphatic carbocycles. The van der Waals surface area contributed by atoms with E-state index in [2.05, 4.69) is 33.0 Å². The molecule has 1 amide bonds. The van der Waals surface area contributed by atoms with E-state index in [1.54, 1.807) is 0 Å². The first-order chi connectivity index (χ1) is 23.1. The zero-order valence-corrected chi connectivity index (χ0v) is 32.0. The maximum absolute atomic E-state index is 12.8. The van der Waals surface area contributed by atoms with Crippen molar-refractivity contribution >= 4 is 5.91 Å². The van der Waals surface area contributed by atoms with Crippen molar-refractivity contribution in [2.45, 2.75) is 213 Å². The summed E-state index contributed by atoms with van der Waals surface area (Å²) in [7, 11) is 0. The van der Waals surface area contributed by atoms with Crippen LogP contribution in [-0.2, 0) is 4.79 Å². The Hall–Kier alpha value is -0.650. The minimum atomic E-state index is -0.359. The standard InChI is InChI=1S/C43H79NO4/c1-5-6-7-8-9-10-11-12-13-14-15-16-17-18-19-20-21-28-44-40(48)25-22-32(2)35-23-24-36-41-37(31-39(47)43(35,36)4)42(3)27-26-34(45)29-33(42)30-38(41)46/h32-39,41,45-47H,5-31H2,1-4H3,(H,44,48)/t32-,33+,34-,35-,36+,37+,38-,39+,41+,42+,43-/m1/s1. The van der Waals surface area contributed by atoms with E-state index in [9.17, 15) is 20.1 Å². The molecular weight excluding hydrogens is 594 g/mol. The van der Waals surface area contributed by atoms with Gasteiger partial charge in [-0.05, 0) is 104 Å². The lowest BCUT2D eigenvalue weighted by Crippen LogP contribution is -2.62. The van der Waals surface area contributed by atoms with Crippen LogP contribution in [-0.4, -0.2) is 46.1 Å². The summed E-state index contributed by atoms with van der Waals surface area (Å²) in [6.07, 6.45) is 30.2. The van der Waals surface area contributed by atoms with Gasteiger partial charge in [-0.1, -0.05) is 130 Å². The highest BCUT2D eigenvalue weighted by atomic mass is 16.3. The Morgan fingerprint density at radius 2 is 1.29 bits per heavy atom. The van der Waals surface area contributed by atoms with Crippen LogP contribution in [0.2, 0.25) is 0 Å². The molecule has 48 heavy (non-hydrogen) atoms. The third kappa shape index (κ3) is 10.2. The first kappa shape index (κ1) is 40.1. The third-order valence-electron chi connectivity index (χ3n) is 14.9. The second-order valence-electron chi connectivity index (χ2n) is 18.0. The van der Waals surface area contributed by atoms with Crippen molar-refractivity contribution in [2.75, 3.05) is 6.54 Å². The number of unbranched alkanes of at least 4 members (excludes halogenated alkanes) is 16. The Bertz CT molecular complexity index is 926. The second-order valence-corrected chi connectivity index (χ2v) is 18.0. The molecule has 0 spiro atoms. The van der Waals surface area contributed by atoms with Crippen LogP contribution < -0.4 is 5.32 Å². The molecule has 4 N–H and O–H groups in total. The van der Waals surface area contributed by atoms with Crippen LogP contribution in [0.5, 0.6) is 0 Å². The number of carbonyl (C=O) groups excluding carboxylic acids is 1. The first-order valence-corrected chi connectivity index (χ1v) is 21.4. The summed E-state index contributed by atoms with van der Waals surface area (Å²) in [4.78, 5) is 12.8. The molecule has 4 rings (SSSR count). The molecule has 11 atom stereocenters. The number of hydrogen-bond donors (Lipinski definition) is 4. The van der Waals surface area contributed by atoms with Crippen molar-refractivity contribution in [3.05, 3.63) is 0 Å². The number of amides is 1. The summed E-state index contributed by atoms with van der Waals surface area (Å²) in [5, 5.41) is 36.9. The minimum Gasteiger partial charge on any atom is -0.393 e. The van der Waals surface area contributed by atoms with Crippen LogP contribution in [0.3, 0.4) is 0 Å². The van der Waals surface area contributed by atoms with Crippen LogP contribution in [0.1, 0.15) is 195 Å². The van der Waals surface area contributed by atoms with Crippen molar-refractivity contribution in [1.82, 2.24) is 5.32 Å². The van der Waals surface area contributed by atoms with Crippen molar-refractivity contribution in [2.24, 2.45) is 46.3 Å². The summed E-state index contributed by atoms with van der Waals surface area (Å²) in [5.41, 5.74) is -0.0813. The average Bonchev–Trinajstić information content (AvgIpc) is 3.42. The predicted octanol–water partition coefficient (Wildman–Crippen LogP) is 10.1. The first-order valence-electron chi connectivity index (χ1n) is 21.4. The van der Waals surface area contributed by atoms with Gasteiger partial charge in [0.25, 0.3) is 0 Å². The fraction of sp³-hybridized carbons (Fsp3) is 0.977.